The summed E-state index contributed by atoms with van der Waals surface area (Å²) < 4.78 is 0. The summed E-state index contributed by atoms with van der Waals surface area (Å²) in [7, 11) is 0. The van der Waals surface area contributed by atoms with E-state index in [2.05, 4.69) is 56.9 Å². The van der Waals surface area contributed by atoms with E-state index in [-0.39, 0.29) is 6.04 Å². The standard InChI is InChI=1S/C27H27N5/c1-28-23-6-4-5-22(17-23)19-9-11-20(12-10-19)27(21-13-15-29-16-14-21)30-18-26-31-24-7-2-3-8-25(24)32-26/h2-12,17,21,27,29-30H,13-16,18H2,(H,31,32). The number of nitrogens with one attached hydrogen (secondary N) is 3. The van der Waals surface area contributed by atoms with Crippen LogP contribution in [0.15, 0.2) is 72.8 Å². The van der Waals surface area contributed by atoms with Crippen molar-refractivity contribution in [1.29, 1.82) is 0 Å². The van der Waals surface area contributed by atoms with Crippen LogP contribution >= 0.6 is 0 Å². The number of piperidine rings is 1. The van der Waals surface area contributed by atoms with Gasteiger partial charge in [-0.3, -0.25) is 0 Å². The molecule has 0 saturated carbocycles. The van der Waals surface area contributed by atoms with E-state index < -0.39 is 0 Å². The zero-order valence-corrected chi connectivity index (χ0v) is 18.0. The smallest absolute Gasteiger partial charge is 0.187 e. The van der Waals surface area contributed by atoms with Crippen LogP contribution in [0.3, 0.4) is 0 Å². The van der Waals surface area contributed by atoms with Crippen molar-refractivity contribution in [2.45, 2.75) is 25.4 Å². The Labute approximate surface area is 188 Å². The maximum absolute atomic E-state index is 7.26. The van der Waals surface area contributed by atoms with E-state index in [1.54, 1.807) is 0 Å². The summed E-state index contributed by atoms with van der Waals surface area (Å²) in [5, 5.41) is 7.28. The molecule has 5 heteroatoms. The van der Waals surface area contributed by atoms with Gasteiger partial charge in [-0.15, -0.1) is 0 Å². The molecule has 0 aliphatic carbocycles. The number of rotatable bonds is 6. The Bertz CT molecular complexity index is 1200. The van der Waals surface area contributed by atoms with Crippen molar-refractivity contribution in [1.82, 2.24) is 20.6 Å². The van der Waals surface area contributed by atoms with Gasteiger partial charge in [0, 0.05) is 6.04 Å². The first kappa shape index (κ1) is 20.4. The lowest BCUT2D eigenvalue weighted by molar-refractivity contribution is 0.280. The van der Waals surface area contributed by atoms with E-state index in [1.807, 2.05) is 36.4 Å². The summed E-state index contributed by atoms with van der Waals surface area (Å²) in [5.41, 5.74) is 6.28. The summed E-state index contributed by atoms with van der Waals surface area (Å²) in [6, 6.07) is 25.1. The van der Waals surface area contributed by atoms with Crippen molar-refractivity contribution in [3.63, 3.8) is 0 Å². The third-order valence-corrected chi connectivity index (χ3v) is 6.36. The Kier molecular flexibility index (Phi) is 5.98. The molecule has 0 radical (unpaired) electrons. The largest absolute Gasteiger partial charge is 0.341 e. The molecule has 0 spiro atoms. The van der Waals surface area contributed by atoms with Crippen LogP contribution in [0.25, 0.3) is 27.0 Å². The molecule has 0 amide bonds. The van der Waals surface area contributed by atoms with Gasteiger partial charge in [-0.25, -0.2) is 9.83 Å². The quantitative estimate of drug-likeness (QED) is 0.355. The monoisotopic (exact) mass is 421 g/mol. The SMILES string of the molecule is [C-]#[N+]c1cccc(-c2ccc(C(NCc3nc4ccccc4[nH]3)C3CCNCC3)cc2)c1. The molecular weight excluding hydrogens is 394 g/mol. The zero-order valence-electron chi connectivity index (χ0n) is 18.0. The maximum Gasteiger partial charge on any atom is 0.187 e. The van der Waals surface area contributed by atoms with Crippen LogP contribution in [0.5, 0.6) is 0 Å². The van der Waals surface area contributed by atoms with Crippen LogP contribution in [0.2, 0.25) is 0 Å². The first-order valence-corrected chi connectivity index (χ1v) is 11.3. The first-order chi connectivity index (χ1) is 15.8. The second-order valence-electron chi connectivity index (χ2n) is 8.43. The van der Waals surface area contributed by atoms with Gasteiger partial charge in [0.2, 0.25) is 0 Å². The minimum atomic E-state index is 0.272. The number of imidazole rings is 1. The lowest BCUT2D eigenvalue weighted by Crippen LogP contribution is -2.36. The van der Waals surface area contributed by atoms with Crippen molar-refractivity contribution >= 4 is 16.7 Å². The molecular formula is C27H27N5. The molecule has 1 saturated heterocycles. The van der Waals surface area contributed by atoms with Gasteiger partial charge in [0.15, 0.2) is 5.69 Å². The summed E-state index contributed by atoms with van der Waals surface area (Å²) >= 11 is 0. The van der Waals surface area contributed by atoms with Gasteiger partial charge in [0.1, 0.15) is 5.82 Å². The highest BCUT2D eigenvalue weighted by molar-refractivity contribution is 5.74. The van der Waals surface area contributed by atoms with E-state index >= 15 is 0 Å². The molecule has 32 heavy (non-hydrogen) atoms. The third kappa shape index (κ3) is 4.43. The minimum absolute atomic E-state index is 0.272. The summed E-state index contributed by atoms with van der Waals surface area (Å²) in [4.78, 5) is 11.7. The fourth-order valence-electron chi connectivity index (χ4n) is 4.67. The van der Waals surface area contributed by atoms with Crippen molar-refractivity contribution in [3.05, 3.63) is 95.6 Å². The molecule has 1 unspecified atom stereocenters. The predicted molar refractivity (Wildman–Crippen MR) is 129 cm³/mol. The van der Waals surface area contributed by atoms with Gasteiger partial charge < -0.3 is 15.6 Å². The van der Waals surface area contributed by atoms with Gasteiger partial charge in [0.05, 0.1) is 24.2 Å². The lowest BCUT2D eigenvalue weighted by Gasteiger charge is -2.32. The van der Waals surface area contributed by atoms with Gasteiger partial charge in [-0.2, -0.15) is 0 Å². The van der Waals surface area contributed by atoms with Crippen LogP contribution in [-0.4, -0.2) is 23.1 Å². The number of hydrogen-bond acceptors (Lipinski definition) is 3. The lowest BCUT2D eigenvalue weighted by atomic mass is 9.85. The van der Waals surface area contributed by atoms with Gasteiger partial charge in [0.25, 0.3) is 0 Å². The fourth-order valence-corrected chi connectivity index (χ4v) is 4.67. The maximum atomic E-state index is 7.26. The number of nitrogens with zero attached hydrogens (tertiary/aromatic N) is 2. The normalized spacial score (nSPS) is 15.5. The Balaban J connectivity index is 1.38. The molecule has 1 fully saturated rings. The van der Waals surface area contributed by atoms with E-state index in [0.717, 1.165) is 53.9 Å². The summed E-state index contributed by atoms with van der Waals surface area (Å²) in [5.74, 6) is 1.55. The van der Waals surface area contributed by atoms with E-state index in [1.165, 1.54) is 5.56 Å². The molecule has 160 valence electrons. The fraction of sp³-hybridized carbons (Fsp3) is 0.259. The Morgan fingerprint density at radius 1 is 0.969 bits per heavy atom. The second kappa shape index (κ2) is 9.35. The van der Waals surface area contributed by atoms with Crippen LogP contribution in [0.1, 0.15) is 30.3 Å². The molecule has 5 rings (SSSR count). The average Bonchev–Trinajstić information content (AvgIpc) is 3.28. The molecule has 1 aromatic heterocycles. The highest BCUT2D eigenvalue weighted by atomic mass is 15.0. The number of aromatic nitrogens is 2. The van der Waals surface area contributed by atoms with E-state index in [4.69, 9.17) is 11.6 Å². The van der Waals surface area contributed by atoms with E-state index in [9.17, 15) is 0 Å². The van der Waals surface area contributed by atoms with Crippen molar-refractivity contribution in [3.8, 4) is 11.1 Å². The minimum Gasteiger partial charge on any atom is -0.341 e. The van der Waals surface area contributed by atoms with Gasteiger partial charge in [-0.1, -0.05) is 54.6 Å². The van der Waals surface area contributed by atoms with Crippen LogP contribution in [0, 0.1) is 12.5 Å². The second-order valence-corrected chi connectivity index (χ2v) is 8.43. The van der Waals surface area contributed by atoms with E-state index in [0.29, 0.717) is 18.2 Å². The van der Waals surface area contributed by atoms with Crippen LogP contribution in [-0.2, 0) is 6.54 Å². The molecule has 1 aliphatic heterocycles. The number of benzene rings is 3. The molecule has 0 bridgehead atoms. The Morgan fingerprint density at radius 3 is 2.56 bits per heavy atom. The third-order valence-electron chi connectivity index (χ3n) is 6.36. The molecule has 3 aromatic carbocycles. The molecule has 2 heterocycles. The predicted octanol–water partition coefficient (Wildman–Crippen LogP) is 5.61. The molecule has 4 aromatic rings. The summed E-state index contributed by atoms with van der Waals surface area (Å²) in [6.45, 7) is 10.1. The molecule has 3 N–H and O–H groups in total. The van der Waals surface area contributed by atoms with Crippen molar-refractivity contribution in [2.75, 3.05) is 13.1 Å². The highest BCUT2D eigenvalue weighted by Crippen LogP contribution is 2.31. The topological polar surface area (TPSA) is 57.1 Å². The average molecular weight is 422 g/mol. The number of fused-ring (bicyclic) bond motifs is 1. The van der Waals surface area contributed by atoms with Gasteiger partial charge in [-0.05, 0) is 66.7 Å². The Hall–Kier alpha value is -3.46. The summed E-state index contributed by atoms with van der Waals surface area (Å²) in [6.07, 6.45) is 2.32. The molecule has 1 aliphatic rings. The molecule has 1 atom stereocenters. The van der Waals surface area contributed by atoms with Crippen molar-refractivity contribution in [2.24, 2.45) is 5.92 Å². The number of hydrogen-bond donors (Lipinski definition) is 3. The number of aromatic amines is 1. The molecule has 5 nitrogen and oxygen atoms in total. The Morgan fingerprint density at radius 2 is 1.78 bits per heavy atom. The number of para-hydroxylation sites is 2. The zero-order chi connectivity index (χ0) is 21.8. The first-order valence-electron chi connectivity index (χ1n) is 11.3. The number of H-pyrrole nitrogens is 1. The van der Waals surface area contributed by atoms with Crippen molar-refractivity contribution < 1.29 is 0 Å². The van der Waals surface area contributed by atoms with Crippen LogP contribution < -0.4 is 10.6 Å². The van der Waals surface area contributed by atoms with Gasteiger partial charge >= 0.3 is 0 Å². The van der Waals surface area contributed by atoms with Crippen LogP contribution in [0.4, 0.5) is 5.69 Å². The highest BCUT2D eigenvalue weighted by Gasteiger charge is 2.25.